The van der Waals surface area contributed by atoms with E-state index in [0.29, 0.717) is 12.5 Å². The van der Waals surface area contributed by atoms with Crippen molar-refractivity contribution >= 4 is 5.91 Å². The molecule has 1 spiro atoms. The van der Waals surface area contributed by atoms with E-state index < -0.39 is 0 Å². The number of carbonyl (C=O) groups is 1. The first kappa shape index (κ1) is 11.9. The number of hydrogen-bond acceptors (Lipinski definition) is 3. The molecule has 0 aromatic rings. The lowest BCUT2D eigenvalue weighted by molar-refractivity contribution is -0.128. The van der Waals surface area contributed by atoms with Crippen molar-refractivity contribution in [3.63, 3.8) is 0 Å². The van der Waals surface area contributed by atoms with E-state index in [1.807, 2.05) is 11.8 Å². The van der Waals surface area contributed by atoms with Gasteiger partial charge in [0.05, 0.1) is 6.61 Å². The van der Waals surface area contributed by atoms with Crippen LogP contribution in [0.25, 0.3) is 0 Å². The highest BCUT2D eigenvalue weighted by Gasteiger charge is 2.43. The molecular weight excluding hydrogens is 204 g/mol. The van der Waals surface area contributed by atoms with E-state index in [-0.39, 0.29) is 5.41 Å². The molecule has 0 aromatic heterocycles. The molecule has 1 N–H and O–H groups in total. The Kier molecular flexibility index (Phi) is 3.82. The van der Waals surface area contributed by atoms with E-state index in [1.54, 1.807) is 0 Å². The van der Waals surface area contributed by atoms with Crippen LogP contribution in [0.1, 0.15) is 26.2 Å². The zero-order chi connectivity index (χ0) is 11.4. The van der Waals surface area contributed by atoms with Gasteiger partial charge in [-0.2, -0.15) is 0 Å². The summed E-state index contributed by atoms with van der Waals surface area (Å²) in [6, 6.07) is 0. The first-order valence-corrected chi connectivity index (χ1v) is 6.32. The van der Waals surface area contributed by atoms with Crippen LogP contribution in [-0.4, -0.2) is 50.2 Å². The third-order valence-corrected chi connectivity index (χ3v) is 3.78. The summed E-state index contributed by atoms with van der Waals surface area (Å²) in [6.07, 6.45) is 3.04. The fraction of sp³-hybridized carbons (Fsp3) is 0.917. The summed E-state index contributed by atoms with van der Waals surface area (Å²) in [6.45, 7) is 7.23. The molecule has 92 valence electrons. The Morgan fingerprint density at radius 3 is 2.88 bits per heavy atom. The molecule has 0 aromatic carbocycles. The van der Waals surface area contributed by atoms with Crippen molar-refractivity contribution < 1.29 is 9.53 Å². The lowest BCUT2D eigenvalue weighted by Crippen LogP contribution is -2.39. The van der Waals surface area contributed by atoms with E-state index in [2.05, 4.69) is 5.32 Å². The Bertz CT molecular complexity index is 249. The van der Waals surface area contributed by atoms with Crippen molar-refractivity contribution in [2.75, 3.05) is 39.4 Å². The Labute approximate surface area is 97.3 Å². The third-order valence-electron chi connectivity index (χ3n) is 3.78. The van der Waals surface area contributed by atoms with Crippen molar-refractivity contribution in [2.24, 2.45) is 5.41 Å². The number of piperidine rings is 1. The first-order valence-electron chi connectivity index (χ1n) is 6.32. The number of likely N-dealkylation sites (tertiary alicyclic amines) is 1. The van der Waals surface area contributed by atoms with E-state index in [1.165, 1.54) is 0 Å². The summed E-state index contributed by atoms with van der Waals surface area (Å²) < 4.78 is 5.31. The number of nitrogens with one attached hydrogen (secondary N) is 1. The van der Waals surface area contributed by atoms with Gasteiger partial charge in [-0.1, -0.05) is 0 Å². The largest absolute Gasteiger partial charge is 0.380 e. The Hall–Kier alpha value is -0.610. The molecule has 2 saturated heterocycles. The maximum absolute atomic E-state index is 11.9. The van der Waals surface area contributed by atoms with Gasteiger partial charge in [-0.05, 0) is 38.3 Å². The molecule has 0 unspecified atom stereocenters. The Morgan fingerprint density at radius 1 is 1.44 bits per heavy atom. The maximum atomic E-state index is 11.9. The molecule has 2 fully saturated rings. The van der Waals surface area contributed by atoms with Crippen LogP contribution in [-0.2, 0) is 9.53 Å². The normalized spacial score (nSPS) is 24.3. The van der Waals surface area contributed by atoms with Crippen LogP contribution in [0.3, 0.4) is 0 Å². The molecule has 0 bridgehead atoms. The molecule has 2 aliphatic rings. The van der Waals surface area contributed by atoms with E-state index in [9.17, 15) is 4.79 Å². The van der Waals surface area contributed by atoms with Crippen LogP contribution in [0, 0.1) is 5.41 Å². The second kappa shape index (κ2) is 5.15. The van der Waals surface area contributed by atoms with Crippen LogP contribution in [0.15, 0.2) is 0 Å². The van der Waals surface area contributed by atoms with Crippen LogP contribution >= 0.6 is 0 Å². The molecule has 1 amide bonds. The third kappa shape index (κ3) is 2.55. The molecule has 0 radical (unpaired) electrons. The lowest BCUT2D eigenvalue weighted by Gasteiger charge is -2.33. The summed E-state index contributed by atoms with van der Waals surface area (Å²) >= 11 is 0. The van der Waals surface area contributed by atoms with E-state index >= 15 is 0 Å². The molecule has 0 saturated carbocycles. The van der Waals surface area contributed by atoms with Gasteiger partial charge in [0.1, 0.15) is 0 Å². The fourth-order valence-corrected chi connectivity index (χ4v) is 2.80. The quantitative estimate of drug-likeness (QED) is 0.715. The molecular formula is C12H22N2O2. The lowest BCUT2D eigenvalue weighted by atomic mass is 9.78. The molecule has 16 heavy (non-hydrogen) atoms. The van der Waals surface area contributed by atoms with Crippen LogP contribution in [0.2, 0.25) is 0 Å². The standard InChI is InChI=1S/C12H22N2O2/c1-2-16-8-7-14-10-12(9-11(14)15)3-5-13-6-4-12/h13H,2-10H2,1H3. The van der Waals surface area contributed by atoms with Gasteiger partial charge in [-0.3, -0.25) is 4.79 Å². The molecule has 2 rings (SSSR count). The minimum atomic E-state index is 0.272. The zero-order valence-corrected chi connectivity index (χ0v) is 10.1. The Morgan fingerprint density at radius 2 is 2.19 bits per heavy atom. The highest BCUT2D eigenvalue weighted by Crippen LogP contribution is 2.38. The smallest absolute Gasteiger partial charge is 0.223 e. The average Bonchev–Trinajstić information content (AvgIpc) is 2.57. The maximum Gasteiger partial charge on any atom is 0.223 e. The predicted molar refractivity (Wildman–Crippen MR) is 62.2 cm³/mol. The number of rotatable bonds is 4. The highest BCUT2D eigenvalue weighted by molar-refractivity contribution is 5.79. The van der Waals surface area contributed by atoms with Gasteiger partial charge in [0.25, 0.3) is 0 Å². The van der Waals surface area contributed by atoms with Gasteiger partial charge in [0.15, 0.2) is 0 Å². The number of hydrogen-bond donors (Lipinski definition) is 1. The molecule has 0 atom stereocenters. The van der Waals surface area contributed by atoms with Crippen LogP contribution in [0.5, 0.6) is 0 Å². The zero-order valence-electron chi connectivity index (χ0n) is 10.1. The molecule has 4 heteroatoms. The SMILES string of the molecule is CCOCCN1CC2(CCNCC2)CC1=O. The summed E-state index contributed by atoms with van der Waals surface area (Å²) in [5.74, 6) is 0.321. The number of ether oxygens (including phenoxy) is 1. The second-order valence-corrected chi connectivity index (χ2v) is 4.94. The minimum absolute atomic E-state index is 0.272. The van der Waals surface area contributed by atoms with Gasteiger partial charge in [0.2, 0.25) is 5.91 Å². The van der Waals surface area contributed by atoms with Crippen LogP contribution < -0.4 is 5.32 Å². The van der Waals surface area contributed by atoms with Crippen molar-refractivity contribution in [1.29, 1.82) is 0 Å². The monoisotopic (exact) mass is 226 g/mol. The second-order valence-electron chi connectivity index (χ2n) is 4.94. The van der Waals surface area contributed by atoms with Gasteiger partial charge in [0, 0.05) is 26.1 Å². The Balaban J connectivity index is 1.85. The van der Waals surface area contributed by atoms with Crippen molar-refractivity contribution in [1.82, 2.24) is 10.2 Å². The molecule has 2 heterocycles. The summed E-state index contributed by atoms with van der Waals surface area (Å²) in [7, 11) is 0. The first-order chi connectivity index (χ1) is 7.76. The minimum Gasteiger partial charge on any atom is -0.380 e. The van der Waals surface area contributed by atoms with Gasteiger partial charge in [-0.25, -0.2) is 0 Å². The van der Waals surface area contributed by atoms with E-state index in [0.717, 1.165) is 52.0 Å². The van der Waals surface area contributed by atoms with Gasteiger partial charge < -0.3 is 15.0 Å². The molecule has 0 aliphatic carbocycles. The van der Waals surface area contributed by atoms with Crippen molar-refractivity contribution in [3.05, 3.63) is 0 Å². The molecule has 4 nitrogen and oxygen atoms in total. The van der Waals surface area contributed by atoms with Gasteiger partial charge in [-0.15, -0.1) is 0 Å². The highest BCUT2D eigenvalue weighted by atomic mass is 16.5. The number of carbonyl (C=O) groups excluding carboxylic acids is 1. The fourth-order valence-electron chi connectivity index (χ4n) is 2.80. The number of nitrogens with zero attached hydrogens (tertiary/aromatic N) is 1. The van der Waals surface area contributed by atoms with Crippen LogP contribution in [0.4, 0.5) is 0 Å². The summed E-state index contributed by atoms with van der Waals surface area (Å²) in [4.78, 5) is 13.9. The number of amides is 1. The summed E-state index contributed by atoms with van der Waals surface area (Å²) in [5.41, 5.74) is 0.272. The predicted octanol–water partition coefficient (Wildman–Crippen LogP) is 0.625. The van der Waals surface area contributed by atoms with Crippen molar-refractivity contribution in [3.8, 4) is 0 Å². The average molecular weight is 226 g/mol. The topological polar surface area (TPSA) is 41.6 Å². The molecule has 2 aliphatic heterocycles. The van der Waals surface area contributed by atoms with E-state index in [4.69, 9.17) is 4.74 Å². The summed E-state index contributed by atoms with van der Waals surface area (Å²) in [5, 5.41) is 3.36. The van der Waals surface area contributed by atoms with Crippen molar-refractivity contribution in [2.45, 2.75) is 26.2 Å². The van der Waals surface area contributed by atoms with Gasteiger partial charge >= 0.3 is 0 Å².